The van der Waals surface area contributed by atoms with Crippen LogP contribution in [0.4, 0.5) is 0 Å². The zero-order valence-electron chi connectivity index (χ0n) is 35.0. The molecule has 10 atom stereocenters. The Morgan fingerprint density at radius 3 is 2.52 bits per heavy atom. The smallest absolute Gasteiger partial charge is 0.263 e. The minimum absolute atomic E-state index is 0.0278. The zero-order valence-corrected chi connectivity index (χ0v) is 36.0. The quantitative estimate of drug-likeness (QED) is 0.229. The number of rotatable bonds is 11. The Hall–Kier alpha value is -2.08. The lowest BCUT2D eigenvalue weighted by Crippen LogP contribution is -2.51. The van der Waals surface area contributed by atoms with E-state index in [-0.39, 0.29) is 30.5 Å². The molecule has 6 unspecified atom stereocenters. The third kappa shape index (κ3) is 6.59. The van der Waals surface area contributed by atoms with E-state index in [1.165, 1.54) is 56.2 Å². The molecule has 1 N–H and O–H groups in total. The molecule has 5 aliphatic carbocycles. The van der Waals surface area contributed by atoms with E-state index in [2.05, 4.69) is 40.1 Å². The highest BCUT2D eigenvalue weighted by Crippen LogP contribution is 2.62. The first kappa shape index (κ1) is 39.4. The third-order valence-corrected chi connectivity index (χ3v) is 22.6. The minimum atomic E-state index is -1.97. The summed E-state index contributed by atoms with van der Waals surface area (Å²) in [7, 11) is -0.112. The van der Waals surface area contributed by atoms with Crippen molar-refractivity contribution < 1.29 is 24.2 Å². The van der Waals surface area contributed by atoms with Gasteiger partial charge in [0.05, 0.1) is 26.0 Å². The van der Waals surface area contributed by atoms with Crippen LogP contribution in [-0.4, -0.2) is 99.9 Å². The standard InChI is InChI=1S/C45H71N5O5Si/c1-29-42(56(3,4)35-20-18-34(54-2)19-21-35)40(22-24-48-28-32(23-25-51)46-47-48)55-45(29)37-15-5-6-16-38(37)49(44(45)53)27-30-10-7-13-33(26-30)50-39-17-9-12-31-11-8-14-36(41(31)39)43(50)52/h28-31,33-36,39-42,51H,5-27H2,1-4H3/t29-,30?,31?,33?,34?,35?,36?,39?,40+,41?,42-,45+/m0/s1. The molecular formula is C45H71N5O5Si. The van der Waals surface area contributed by atoms with Gasteiger partial charge in [-0.2, -0.15) is 0 Å². The highest BCUT2D eigenvalue weighted by Gasteiger charge is 2.67. The van der Waals surface area contributed by atoms with E-state index in [1.807, 2.05) is 18.0 Å². The number of methoxy groups -OCH3 is 1. The van der Waals surface area contributed by atoms with E-state index in [1.54, 1.807) is 0 Å². The van der Waals surface area contributed by atoms with E-state index in [0.29, 0.717) is 60.0 Å². The molecule has 6 fully saturated rings. The Morgan fingerprint density at radius 1 is 0.964 bits per heavy atom. The van der Waals surface area contributed by atoms with Gasteiger partial charge in [-0.25, -0.2) is 0 Å². The summed E-state index contributed by atoms with van der Waals surface area (Å²) in [5, 5.41) is 18.2. The molecule has 1 aromatic rings. The molecule has 9 rings (SSSR count). The van der Waals surface area contributed by atoms with Crippen LogP contribution in [0.1, 0.15) is 135 Å². The Morgan fingerprint density at radius 2 is 1.73 bits per heavy atom. The molecule has 0 radical (unpaired) electrons. The Kier molecular flexibility index (Phi) is 11.1. The van der Waals surface area contributed by atoms with Crippen LogP contribution in [0.15, 0.2) is 17.5 Å². The number of likely N-dealkylation sites (tertiary alicyclic amines) is 1. The number of carbonyl (C=O) groups is 2. The molecule has 310 valence electrons. The number of carbonyl (C=O) groups excluding carboxylic acids is 2. The molecule has 0 bridgehead atoms. The maximum absolute atomic E-state index is 15.6. The monoisotopic (exact) mass is 790 g/mol. The topological polar surface area (TPSA) is 110 Å². The van der Waals surface area contributed by atoms with E-state index in [9.17, 15) is 9.90 Å². The maximum atomic E-state index is 15.6. The molecule has 4 saturated carbocycles. The first-order valence-electron chi connectivity index (χ1n) is 23.2. The van der Waals surface area contributed by atoms with Crippen LogP contribution < -0.4 is 0 Å². The molecule has 10 nitrogen and oxygen atoms in total. The molecule has 0 aromatic carbocycles. The second-order valence-electron chi connectivity index (χ2n) is 20.3. The van der Waals surface area contributed by atoms with Crippen LogP contribution >= 0.6 is 0 Å². The summed E-state index contributed by atoms with van der Waals surface area (Å²) in [6, 6.07) is 0.782. The Labute approximate surface area is 336 Å². The predicted octanol–water partition coefficient (Wildman–Crippen LogP) is 7.67. The number of hydrogen-bond donors (Lipinski definition) is 1. The lowest BCUT2D eigenvalue weighted by atomic mass is 9.65. The third-order valence-electron chi connectivity index (χ3n) is 17.3. The second kappa shape index (κ2) is 15.8. The van der Waals surface area contributed by atoms with E-state index in [4.69, 9.17) is 9.47 Å². The largest absolute Gasteiger partial charge is 0.396 e. The van der Waals surface area contributed by atoms with Crippen LogP contribution in [0.2, 0.25) is 24.2 Å². The van der Waals surface area contributed by atoms with Gasteiger partial charge in [0.2, 0.25) is 5.91 Å². The first-order chi connectivity index (χ1) is 27.1. The minimum Gasteiger partial charge on any atom is -0.396 e. The Bertz CT molecular complexity index is 1640. The molecule has 2 amide bonds. The molecule has 1 aromatic heterocycles. The molecular weight excluding hydrogens is 719 g/mol. The summed E-state index contributed by atoms with van der Waals surface area (Å²) in [5.74, 6) is 2.84. The van der Waals surface area contributed by atoms with Crippen molar-refractivity contribution >= 4 is 19.9 Å². The summed E-state index contributed by atoms with van der Waals surface area (Å²) >= 11 is 0. The van der Waals surface area contributed by atoms with Crippen molar-refractivity contribution in [3.05, 3.63) is 23.2 Å². The molecule has 56 heavy (non-hydrogen) atoms. The van der Waals surface area contributed by atoms with Gasteiger partial charge in [0, 0.05) is 69.0 Å². The van der Waals surface area contributed by atoms with Crippen LogP contribution in [-0.2, 0) is 32.0 Å². The van der Waals surface area contributed by atoms with Crippen LogP contribution in [0, 0.1) is 29.6 Å². The van der Waals surface area contributed by atoms with Gasteiger partial charge in [-0.05, 0) is 111 Å². The Balaban J connectivity index is 0.977. The lowest BCUT2D eigenvalue weighted by molar-refractivity contribution is -0.150. The number of hydrogen-bond acceptors (Lipinski definition) is 7. The van der Waals surface area contributed by atoms with Gasteiger partial charge in [-0.15, -0.1) is 5.10 Å². The van der Waals surface area contributed by atoms with Crippen LogP contribution in [0.25, 0.3) is 0 Å². The van der Waals surface area contributed by atoms with Gasteiger partial charge in [-0.1, -0.05) is 70.2 Å². The van der Waals surface area contributed by atoms with Gasteiger partial charge in [0.15, 0.2) is 5.60 Å². The maximum Gasteiger partial charge on any atom is 0.263 e. The molecule has 4 heterocycles. The molecule has 8 aliphatic rings. The lowest BCUT2D eigenvalue weighted by Gasteiger charge is -2.45. The fourth-order valence-electron chi connectivity index (χ4n) is 14.8. The summed E-state index contributed by atoms with van der Waals surface area (Å²) in [6.45, 7) is 9.13. The fraction of sp³-hybridized carbons (Fsp3) is 0.867. The average Bonchev–Trinajstić information content (AvgIpc) is 3.94. The number of aliphatic hydroxyl groups excluding tert-OH is 1. The van der Waals surface area contributed by atoms with E-state index >= 15 is 4.79 Å². The summed E-state index contributed by atoms with van der Waals surface area (Å²) in [4.78, 5) is 34.4. The summed E-state index contributed by atoms with van der Waals surface area (Å²) in [6.07, 6.45) is 24.3. The molecule has 1 spiro atoms. The number of aromatic nitrogens is 3. The molecule has 3 aliphatic heterocycles. The number of aliphatic hydroxyl groups is 1. The van der Waals surface area contributed by atoms with Crippen molar-refractivity contribution in [3.8, 4) is 0 Å². The fourth-order valence-corrected chi connectivity index (χ4v) is 19.9. The van der Waals surface area contributed by atoms with Gasteiger partial charge in [0.25, 0.3) is 5.91 Å². The van der Waals surface area contributed by atoms with Crippen molar-refractivity contribution in [2.75, 3.05) is 20.3 Å². The highest BCUT2D eigenvalue weighted by molar-refractivity contribution is 6.80. The van der Waals surface area contributed by atoms with E-state index < -0.39 is 13.7 Å². The van der Waals surface area contributed by atoms with Crippen molar-refractivity contribution in [3.63, 3.8) is 0 Å². The summed E-state index contributed by atoms with van der Waals surface area (Å²) in [5.41, 5.74) is 3.55. The van der Waals surface area contributed by atoms with Gasteiger partial charge >= 0.3 is 0 Å². The number of ether oxygens (including phenoxy) is 2. The van der Waals surface area contributed by atoms with Gasteiger partial charge < -0.3 is 24.4 Å². The van der Waals surface area contributed by atoms with Crippen molar-refractivity contribution in [2.45, 2.75) is 196 Å². The number of allylic oxidation sites excluding steroid dienone is 1. The molecule has 11 heteroatoms. The first-order valence-corrected chi connectivity index (χ1v) is 26.4. The van der Waals surface area contributed by atoms with E-state index in [0.717, 1.165) is 95.2 Å². The summed E-state index contributed by atoms with van der Waals surface area (Å²) < 4.78 is 15.3. The zero-order chi connectivity index (χ0) is 38.8. The normalized spacial score (nSPS) is 40.2. The van der Waals surface area contributed by atoms with Crippen molar-refractivity contribution in [1.82, 2.24) is 24.8 Å². The SMILES string of the molecule is COC1CCC([Si](C)(C)[C@@H]2[C@@H](CCn3cc(CCO)nn3)O[C@]3(C(=O)N(CC4CCCC(N5C(=O)C6CCCC7CCCC5C76)C4)C4=C3CCCC4)[C@H]2C)CC1. The van der Waals surface area contributed by atoms with Gasteiger partial charge in [-0.3, -0.25) is 14.3 Å². The van der Waals surface area contributed by atoms with Gasteiger partial charge in [0.1, 0.15) is 0 Å². The predicted molar refractivity (Wildman–Crippen MR) is 218 cm³/mol. The van der Waals surface area contributed by atoms with Crippen LogP contribution in [0.5, 0.6) is 0 Å². The highest BCUT2D eigenvalue weighted by atomic mass is 28.3. The van der Waals surface area contributed by atoms with Crippen molar-refractivity contribution in [2.24, 2.45) is 29.6 Å². The number of nitrogens with zero attached hydrogens (tertiary/aromatic N) is 5. The molecule has 2 saturated heterocycles. The van der Waals surface area contributed by atoms with Crippen molar-refractivity contribution in [1.29, 1.82) is 0 Å². The second-order valence-corrected chi connectivity index (χ2v) is 25.5. The average molecular weight is 790 g/mol. The number of fused-ring (bicyclic) bond motifs is 1. The van der Waals surface area contributed by atoms with Crippen LogP contribution in [0.3, 0.4) is 0 Å². The number of aryl methyl sites for hydroxylation is 1. The number of amides is 2.